The smallest absolute Gasteiger partial charge is 0.339 e. The largest absolute Gasteiger partial charge is 0.493 e. The predicted octanol–water partition coefficient (Wildman–Crippen LogP) is 3.81. The maximum absolute atomic E-state index is 12.6. The van der Waals surface area contributed by atoms with Crippen LogP contribution in [-0.2, 0) is 9.53 Å². The van der Waals surface area contributed by atoms with Crippen molar-refractivity contribution in [3.8, 4) is 17.6 Å². The van der Waals surface area contributed by atoms with Gasteiger partial charge >= 0.3 is 5.97 Å². The van der Waals surface area contributed by atoms with Crippen LogP contribution in [0.2, 0.25) is 0 Å². The van der Waals surface area contributed by atoms with Crippen LogP contribution in [0.15, 0.2) is 48.0 Å². The SMILES string of the molecule is COC(=O)c1ccccc1NC(=O)/C(C#N)=C/c1ccc(OC(C)C)c(OC)c1. The number of nitrogens with zero attached hydrogens (tertiary/aromatic N) is 1. The van der Waals surface area contributed by atoms with Crippen LogP contribution in [0.4, 0.5) is 5.69 Å². The van der Waals surface area contributed by atoms with Crippen LogP contribution in [0, 0.1) is 11.3 Å². The predicted molar refractivity (Wildman–Crippen MR) is 109 cm³/mol. The third kappa shape index (κ3) is 5.59. The number of para-hydroxylation sites is 1. The normalized spacial score (nSPS) is 10.8. The lowest BCUT2D eigenvalue weighted by atomic mass is 10.1. The van der Waals surface area contributed by atoms with Gasteiger partial charge < -0.3 is 19.5 Å². The molecule has 0 bridgehead atoms. The number of methoxy groups -OCH3 is 2. The molecule has 1 amide bonds. The Morgan fingerprint density at radius 3 is 2.45 bits per heavy atom. The number of rotatable bonds is 7. The minimum absolute atomic E-state index is 0.0272. The molecule has 0 unspecified atom stereocenters. The average molecular weight is 394 g/mol. The van der Waals surface area contributed by atoms with Gasteiger partial charge in [0.25, 0.3) is 5.91 Å². The van der Waals surface area contributed by atoms with E-state index in [0.717, 1.165) is 0 Å². The molecule has 7 nitrogen and oxygen atoms in total. The second-order valence-corrected chi connectivity index (χ2v) is 6.24. The van der Waals surface area contributed by atoms with Crippen LogP contribution in [-0.4, -0.2) is 32.2 Å². The Labute approximate surface area is 169 Å². The zero-order chi connectivity index (χ0) is 21.4. The van der Waals surface area contributed by atoms with Gasteiger partial charge in [-0.15, -0.1) is 0 Å². The summed E-state index contributed by atoms with van der Waals surface area (Å²) in [4.78, 5) is 24.4. The molecule has 150 valence electrons. The molecule has 29 heavy (non-hydrogen) atoms. The molecule has 7 heteroatoms. The quantitative estimate of drug-likeness (QED) is 0.436. The summed E-state index contributed by atoms with van der Waals surface area (Å²) < 4.78 is 15.7. The van der Waals surface area contributed by atoms with Gasteiger partial charge in [-0.1, -0.05) is 18.2 Å². The maximum atomic E-state index is 12.6. The Bertz CT molecular complexity index is 973. The molecule has 1 N–H and O–H groups in total. The number of hydrogen-bond donors (Lipinski definition) is 1. The first-order valence-corrected chi connectivity index (χ1v) is 8.84. The van der Waals surface area contributed by atoms with Crippen molar-refractivity contribution in [1.82, 2.24) is 0 Å². The van der Waals surface area contributed by atoms with E-state index in [1.807, 2.05) is 19.9 Å². The van der Waals surface area contributed by atoms with E-state index in [9.17, 15) is 14.9 Å². The van der Waals surface area contributed by atoms with Crippen molar-refractivity contribution in [3.05, 3.63) is 59.2 Å². The number of nitriles is 1. The minimum atomic E-state index is -0.648. The van der Waals surface area contributed by atoms with Crippen LogP contribution in [0.25, 0.3) is 6.08 Å². The van der Waals surface area contributed by atoms with E-state index in [1.54, 1.807) is 36.4 Å². The van der Waals surface area contributed by atoms with Crippen molar-refractivity contribution < 1.29 is 23.8 Å². The highest BCUT2D eigenvalue weighted by atomic mass is 16.5. The second kappa shape index (κ2) is 9.95. The lowest BCUT2D eigenvalue weighted by Crippen LogP contribution is -2.16. The molecule has 0 aliphatic rings. The number of nitrogens with one attached hydrogen (secondary N) is 1. The highest BCUT2D eigenvalue weighted by molar-refractivity contribution is 6.12. The summed E-state index contributed by atoms with van der Waals surface area (Å²) >= 11 is 0. The van der Waals surface area contributed by atoms with Crippen LogP contribution in [0.3, 0.4) is 0 Å². The van der Waals surface area contributed by atoms with Crippen molar-refractivity contribution in [3.63, 3.8) is 0 Å². The number of ether oxygens (including phenoxy) is 3. The van der Waals surface area contributed by atoms with E-state index in [1.165, 1.54) is 26.4 Å². The molecule has 2 aromatic carbocycles. The van der Waals surface area contributed by atoms with Crippen LogP contribution in [0.5, 0.6) is 11.5 Å². The Morgan fingerprint density at radius 2 is 1.83 bits per heavy atom. The average Bonchev–Trinajstić information content (AvgIpc) is 2.72. The van der Waals surface area contributed by atoms with Gasteiger partial charge in [0.05, 0.1) is 31.6 Å². The van der Waals surface area contributed by atoms with Crippen molar-refractivity contribution in [1.29, 1.82) is 5.26 Å². The van der Waals surface area contributed by atoms with Crippen molar-refractivity contribution >= 4 is 23.6 Å². The minimum Gasteiger partial charge on any atom is -0.493 e. The second-order valence-electron chi connectivity index (χ2n) is 6.24. The van der Waals surface area contributed by atoms with Gasteiger partial charge in [0.1, 0.15) is 11.6 Å². The molecule has 0 saturated carbocycles. The molecule has 0 aliphatic carbocycles. The van der Waals surface area contributed by atoms with Crippen molar-refractivity contribution in [2.24, 2.45) is 0 Å². The fourth-order valence-electron chi connectivity index (χ4n) is 2.51. The number of anilines is 1. The third-order valence-electron chi connectivity index (χ3n) is 3.81. The highest BCUT2D eigenvalue weighted by Crippen LogP contribution is 2.30. The Hall–Kier alpha value is -3.79. The van der Waals surface area contributed by atoms with E-state index in [-0.39, 0.29) is 22.9 Å². The van der Waals surface area contributed by atoms with E-state index in [0.29, 0.717) is 17.1 Å². The molecular weight excluding hydrogens is 372 g/mol. The Balaban J connectivity index is 2.30. The molecule has 0 heterocycles. The first-order chi connectivity index (χ1) is 13.9. The molecular formula is C22H22N2O5. The number of hydrogen-bond acceptors (Lipinski definition) is 6. The summed E-state index contributed by atoms with van der Waals surface area (Å²) in [7, 11) is 2.76. The van der Waals surface area contributed by atoms with Gasteiger partial charge in [0.2, 0.25) is 0 Å². The summed E-state index contributed by atoms with van der Waals surface area (Å²) in [5.74, 6) is -0.185. The maximum Gasteiger partial charge on any atom is 0.339 e. The first-order valence-electron chi connectivity index (χ1n) is 8.84. The highest BCUT2D eigenvalue weighted by Gasteiger charge is 2.16. The zero-order valence-corrected chi connectivity index (χ0v) is 16.7. The number of amides is 1. The Kier molecular flexibility index (Phi) is 7.38. The molecule has 0 fully saturated rings. The van der Waals surface area contributed by atoms with Gasteiger partial charge in [-0.2, -0.15) is 5.26 Å². The van der Waals surface area contributed by atoms with Crippen molar-refractivity contribution in [2.45, 2.75) is 20.0 Å². The third-order valence-corrected chi connectivity index (χ3v) is 3.81. The van der Waals surface area contributed by atoms with Crippen LogP contribution >= 0.6 is 0 Å². The summed E-state index contributed by atoms with van der Waals surface area (Å²) in [6, 6.07) is 13.4. The van der Waals surface area contributed by atoms with Gasteiger partial charge in [0, 0.05) is 0 Å². The summed E-state index contributed by atoms with van der Waals surface area (Å²) in [5.41, 5.74) is 0.899. The van der Waals surface area contributed by atoms with E-state index in [2.05, 4.69) is 5.32 Å². The summed E-state index contributed by atoms with van der Waals surface area (Å²) in [6.45, 7) is 3.80. The number of benzene rings is 2. The molecule has 0 aromatic heterocycles. The van der Waals surface area contributed by atoms with Crippen molar-refractivity contribution in [2.75, 3.05) is 19.5 Å². The zero-order valence-electron chi connectivity index (χ0n) is 16.7. The fourth-order valence-corrected chi connectivity index (χ4v) is 2.51. The van der Waals surface area contributed by atoms with Crippen LogP contribution < -0.4 is 14.8 Å². The standard InChI is InChI=1S/C22H22N2O5/c1-14(2)29-19-10-9-15(12-20(19)27-3)11-16(13-23)21(25)24-18-8-6-5-7-17(18)22(26)28-4/h5-12,14H,1-4H3,(H,24,25)/b16-11+. The molecule has 0 atom stereocenters. The lowest BCUT2D eigenvalue weighted by Gasteiger charge is -2.14. The molecule has 0 saturated heterocycles. The summed E-state index contributed by atoms with van der Waals surface area (Å²) in [6.07, 6.45) is 1.40. The number of carbonyl (C=O) groups is 2. The first kappa shape index (κ1) is 21.5. The summed E-state index contributed by atoms with van der Waals surface area (Å²) in [5, 5.41) is 12.0. The van der Waals surface area contributed by atoms with E-state index >= 15 is 0 Å². The van der Waals surface area contributed by atoms with Gasteiger partial charge in [-0.3, -0.25) is 4.79 Å². The molecule has 0 aliphatic heterocycles. The Morgan fingerprint density at radius 1 is 1.10 bits per heavy atom. The van der Waals surface area contributed by atoms with Gasteiger partial charge in [0.15, 0.2) is 11.5 Å². The number of carbonyl (C=O) groups excluding carboxylic acids is 2. The topological polar surface area (TPSA) is 97.7 Å². The molecule has 0 radical (unpaired) electrons. The van der Waals surface area contributed by atoms with Gasteiger partial charge in [-0.25, -0.2) is 4.79 Å². The molecule has 2 aromatic rings. The monoisotopic (exact) mass is 394 g/mol. The number of esters is 1. The van der Waals surface area contributed by atoms with E-state index < -0.39 is 11.9 Å². The van der Waals surface area contributed by atoms with Crippen LogP contribution in [0.1, 0.15) is 29.8 Å². The lowest BCUT2D eigenvalue weighted by molar-refractivity contribution is -0.112. The molecule has 2 rings (SSSR count). The fraction of sp³-hybridized carbons (Fsp3) is 0.227. The molecule has 0 spiro atoms. The van der Waals surface area contributed by atoms with Gasteiger partial charge in [-0.05, 0) is 49.8 Å². The van der Waals surface area contributed by atoms with E-state index in [4.69, 9.17) is 14.2 Å².